The molecule has 0 saturated carbocycles. The minimum Gasteiger partial charge on any atom is -0.396 e. The number of carbonyl (C=O) groups is 1. The van der Waals surface area contributed by atoms with Crippen LogP contribution in [0.2, 0.25) is 0 Å². The Morgan fingerprint density at radius 3 is 1.55 bits per heavy atom. The van der Waals surface area contributed by atoms with Gasteiger partial charge in [0.2, 0.25) is 0 Å². The molecule has 0 amide bonds. The fraction of sp³-hybridized carbons (Fsp3) is 0.941. The third-order valence-corrected chi connectivity index (χ3v) is 3.92. The van der Waals surface area contributed by atoms with E-state index in [4.69, 9.17) is 10.2 Å². The Bertz CT molecular complexity index is 212. The summed E-state index contributed by atoms with van der Waals surface area (Å²) in [5.74, 6) is -0.552. The van der Waals surface area contributed by atoms with Crippen molar-refractivity contribution in [3.05, 3.63) is 0 Å². The summed E-state index contributed by atoms with van der Waals surface area (Å²) in [6.45, 7) is 1.79. The molecule has 20 heavy (non-hydrogen) atoms. The molecule has 0 spiro atoms. The van der Waals surface area contributed by atoms with Crippen LogP contribution in [0.3, 0.4) is 0 Å². The van der Waals surface area contributed by atoms with Gasteiger partial charge in [-0.3, -0.25) is 4.79 Å². The average Bonchev–Trinajstić information content (AvgIpc) is 2.46. The van der Waals surface area contributed by atoms with E-state index >= 15 is 0 Å². The summed E-state index contributed by atoms with van der Waals surface area (Å²) in [4.78, 5) is 11.5. The van der Waals surface area contributed by atoms with Crippen molar-refractivity contribution in [3.63, 3.8) is 0 Å². The highest BCUT2D eigenvalue weighted by Crippen LogP contribution is 2.13. The van der Waals surface area contributed by atoms with Crippen LogP contribution in [0.5, 0.6) is 0 Å². The molecule has 0 aromatic rings. The van der Waals surface area contributed by atoms with E-state index in [1.807, 2.05) is 0 Å². The molecule has 0 aliphatic rings. The van der Waals surface area contributed by atoms with E-state index in [0.29, 0.717) is 6.42 Å². The van der Waals surface area contributed by atoms with Gasteiger partial charge in [-0.05, 0) is 6.42 Å². The highest BCUT2D eigenvalue weighted by atomic mass is 16.3. The molecule has 0 unspecified atom stereocenters. The number of rotatable bonds is 15. The van der Waals surface area contributed by atoms with Crippen molar-refractivity contribution in [1.82, 2.24) is 0 Å². The molecule has 0 aliphatic heterocycles. The monoisotopic (exact) mass is 286 g/mol. The van der Waals surface area contributed by atoms with Crippen molar-refractivity contribution in [2.45, 2.75) is 84.0 Å². The number of carbonyl (C=O) groups excluding carboxylic acids is 1. The zero-order valence-corrected chi connectivity index (χ0v) is 13.3. The van der Waals surface area contributed by atoms with E-state index in [9.17, 15) is 4.79 Å². The number of aliphatic hydroxyl groups is 2. The van der Waals surface area contributed by atoms with Gasteiger partial charge in [-0.1, -0.05) is 71.1 Å². The second kappa shape index (κ2) is 15.0. The molecule has 0 atom stereocenters. The third-order valence-electron chi connectivity index (χ3n) is 3.92. The van der Waals surface area contributed by atoms with E-state index < -0.39 is 5.92 Å². The predicted molar refractivity (Wildman–Crippen MR) is 83.7 cm³/mol. The molecule has 0 radical (unpaired) electrons. The summed E-state index contributed by atoms with van der Waals surface area (Å²) < 4.78 is 0. The molecule has 0 heterocycles. The Morgan fingerprint density at radius 1 is 0.750 bits per heavy atom. The maximum Gasteiger partial charge on any atom is 0.140 e. The van der Waals surface area contributed by atoms with Gasteiger partial charge in [0.05, 0.1) is 19.1 Å². The highest BCUT2D eigenvalue weighted by Gasteiger charge is 2.15. The van der Waals surface area contributed by atoms with Crippen molar-refractivity contribution < 1.29 is 15.0 Å². The summed E-state index contributed by atoms with van der Waals surface area (Å²) in [6.07, 6.45) is 14.4. The van der Waals surface area contributed by atoms with Crippen molar-refractivity contribution in [3.8, 4) is 0 Å². The second-order valence-corrected chi connectivity index (χ2v) is 5.81. The molecule has 0 aromatic heterocycles. The van der Waals surface area contributed by atoms with Crippen LogP contribution in [0.25, 0.3) is 0 Å². The second-order valence-electron chi connectivity index (χ2n) is 5.81. The minimum absolute atomic E-state index is 0.00549. The molecular formula is C17H34O3. The Labute approximate surface area is 124 Å². The third kappa shape index (κ3) is 11.4. The maximum atomic E-state index is 11.5. The topological polar surface area (TPSA) is 57.5 Å². The number of Topliss-reactive ketones (excluding diaryl/α,β-unsaturated/α-hetero) is 1. The smallest absolute Gasteiger partial charge is 0.140 e. The van der Waals surface area contributed by atoms with Crippen molar-refractivity contribution in [2.24, 2.45) is 5.92 Å². The van der Waals surface area contributed by atoms with Crippen LogP contribution >= 0.6 is 0 Å². The van der Waals surface area contributed by atoms with E-state index in [0.717, 1.165) is 12.8 Å². The van der Waals surface area contributed by atoms with E-state index in [2.05, 4.69) is 6.92 Å². The lowest BCUT2D eigenvalue weighted by Gasteiger charge is -2.09. The minimum atomic E-state index is -0.557. The number of hydrogen-bond acceptors (Lipinski definition) is 3. The normalized spacial score (nSPS) is 11.2. The lowest BCUT2D eigenvalue weighted by atomic mass is 9.99. The predicted octanol–water partition coefficient (Wildman–Crippen LogP) is 3.86. The maximum absolute atomic E-state index is 11.5. The van der Waals surface area contributed by atoms with Gasteiger partial charge in [0.1, 0.15) is 5.78 Å². The molecule has 0 saturated heterocycles. The standard InChI is InChI=1S/C17H34O3/c1-2-3-4-5-6-7-8-9-10-11-12-13-17(20)16(14-18)15-19/h16,18-19H,2-15H2,1H3. The first kappa shape index (κ1) is 19.6. The lowest BCUT2D eigenvalue weighted by Crippen LogP contribution is -2.21. The van der Waals surface area contributed by atoms with Crippen LogP contribution in [-0.4, -0.2) is 29.2 Å². The molecule has 0 bridgehead atoms. The van der Waals surface area contributed by atoms with E-state index in [-0.39, 0.29) is 19.0 Å². The molecule has 0 rings (SSSR count). The van der Waals surface area contributed by atoms with Crippen LogP contribution in [0.15, 0.2) is 0 Å². The van der Waals surface area contributed by atoms with E-state index in [1.54, 1.807) is 0 Å². The first-order valence-electron chi connectivity index (χ1n) is 8.50. The summed E-state index contributed by atoms with van der Waals surface area (Å²) in [7, 11) is 0. The number of unbranched alkanes of at least 4 members (excludes halogenated alkanes) is 10. The fourth-order valence-corrected chi connectivity index (χ4v) is 2.43. The van der Waals surface area contributed by atoms with Gasteiger partial charge in [0, 0.05) is 6.42 Å². The molecule has 3 nitrogen and oxygen atoms in total. The van der Waals surface area contributed by atoms with Gasteiger partial charge in [0.15, 0.2) is 0 Å². The zero-order valence-electron chi connectivity index (χ0n) is 13.3. The van der Waals surface area contributed by atoms with Crippen molar-refractivity contribution in [2.75, 3.05) is 13.2 Å². The average molecular weight is 286 g/mol. The quantitative estimate of drug-likeness (QED) is 0.449. The van der Waals surface area contributed by atoms with Gasteiger partial charge in [-0.25, -0.2) is 0 Å². The molecule has 120 valence electrons. The SMILES string of the molecule is CCCCCCCCCCCCCC(=O)C(CO)CO. The lowest BCUT2D eigenvalue weighted by molar-refractivity contribution is -0.125. The van der Waals surface area contributed by atoms with Gasteiger partial charge in [-0.15, -0.1) is 0 Å². The van der Waals surface area contributed by atoms with Gasteiger partial charge in [0.25, 0.3) is 0 Å². The van der Waals surface area contributed by atoms with Crippen molar-refractivity contribution >= 4 is 5.78 Å². The highest BCUT2D eigenvalue weighted by molar-refractivity contribution is 5.81. The first-order chi connectivity index (χ1) is 9.76. The molecule has 0 aliphatic carbocycles. The Balaban J connectivity index is 3.22. The zero-order chi connectivity index (χ0) is 15.1. The molecule has 0 fully saturated rings. The molecule has 3 heteroatoms. The van der Waals surface area contributed by atoms with Crippen LogP contribution < -0.4 is 0 Å². The van der Waals surface area contributed by atoms with Crippen LogP contribution in [0, 0.1) is 5.92 Å². The van der Waals surface area contributed by atoms with Crippen molar-refractivity contribution in [1.29, 1.82) is 0 Å². The Morgan fingerprint density at radius 2 is 1.15 bits per heavy atom. The Kier molecular flexibility index (Phi) is 14.7. The van der Waals surface area contributed by atoms with Crippen LogP contribution in [0.1, 0.15) is 84.0 Å². The largest absolute Gasteiger partial charge is 0.396 e. The first-order valence-corrected chi connectivity index (χ1v) is 8.50. The number of aliphatic hydroxyl groups excluding tert-OH is 2. The molecular weight excluding hydrogens is 252 g/mol. The van der Waals surface area contributed by atoms with Crippen LogP contribution in [-0.2, 0) is 4.79 Å². The van der Waals surface area contributed by atoms with E-state index in [1.165, 1.54) is 57.8 Å². The van der Waals surface area contributed by atoms with Crippen LogP contribution in [0.4, 0.5) is 0 Å². The fourth-order valence-electron chi connectivity index (χ4n) is 2.43. The molecule has 2 N–H and O–H groups in total. The summed E-state index contributed by atoms with van der Waals surface area (Å²) in [6, 6.07) is 0. The van der Waals surface area contributed by atoms with Gasteiger partial charge in [-0.2, -0.15) is 0 Å². The molecule has 0 aromatic carbocycles. The number of ketones is 1. The van der Waals surface area contributed by atoms with Gasteiger partial charge >= 0.3 is 0 Å². The summed E-state index contributed by atoms with van der Waals surface area (Å²) in [5.41, 5.74) is 0. The Hall–Kier alpha value is -0.410. The summed E-state index contributed by atoms with van der Waals surface area (Å²) >= 11 is 0. The summed E-state index contributed by atoms with van der Waals surface area (Å²) in [5, 5.41) is 17.8. The number of hydrogen-bond donors (Lipinski definition) is 2. The van der Waals surface area contributed by atoms with Gasteiger partial charge < -0.3 is 10.2 Å².